The van der Waals surface area contributed by atoms with Crippen LogP contribution in [0.15, 0.2) is 52.3 Å². The molecule has 7 nitrogen and oxygen atoms in total. The van der Waals surface area contributed by atoms with Crippen LogP contribution in [-0.4, -0.2) is 67.7 Å². The maximum Gasteiger partial charge on any atom is 0.445 e. The van der Waals surface area contributed by atoms with Gasteiger partial charge in [-0.15, -0.1) is 10.2 Å². The van der Waals surface area contributed by atoms with Crippen LogP contribution in [0, 0.1) is 0 Å². The zero-order valence-corrected chi connectivity index (χ0v) is 21.5. The van der Waals surface area contributed by atoms with Crippen molar-refractivity contribution in [3.05, 3.63) is 57.3 Å². The Morgan fingerprint density at radius 2 is 1.89 bits per heavy atom. The summed E-state index contributed by atoms with van der Waals surface area (Å²) in [7, 11) is 2.12. The summed E-state index contributed by atoms with van der Waals surface area (Å²) in [5, 5.41) is 10.5. The van der Waals surface area contributed by atoms with Crippen molar-refractivity contribution in [3.63, 3.8) is 0 Å². The number of aromatic nitrogens is 3. The number of alkyl halides is 3. The lowest BCUT2D eigenvalue weighted by Crippen LogP contribution is -2.46. The number of hydrogen-bond donors (Lipinski definition) is 1. The molecule has 12 heteroatoms. The second-order valence-corrected chi connectivity index (χ2v) is 11.4. The smallest absolute Gasteiger partial charge is 0.307 e. The molecule has 35 heavy (non-hydrogen) atoms. The fourth-order valence-corrected chi connectivity index (χ4v) is 6.77. The first-order valence-electron chi connectivity index (χ1n) is 10.7. The minimum absolute atomic E-state index is 0.176. The molecule has 2 aliphatic heterocycles. The first-order chi connectivity index (χ1) is 16.8. The lowest BCUT2D eigenvalue weighted by atomic mass is 10.1. The van der Waals surface area contributed by atoms with Crippen LogP contribution in [0.3, 0.4) is 0 Å². The van der Waals surface area contributed by atoms with E-state index in [4.69, 9.17) is 0 Å². The minimum Gasteiger partial charge on any atom is -0.307 e. The van der Waals surface area contributed by atoms with Gasteiger partial charge in [-0.25, -0.2) is 4.98 Å². The summed E-state index contributed by atoms with van der Waals surface area (Å²) < 4.78 is 42.0. The van der Waals surface area contributed by atoms with Gasteiger partial charge in [0.1, 0.15) is 10.8 Å². The average Bonchev–Trinajstić information content (AvgIpc) is 3.35. The molecule has 4 heterocycles. The predicted octanol–water partition coefficient (Wildman–Crippen LogP) is 4.51. The highest BCUT2D eigenvalue weighted by Gasteiger charge is 2.35. The van der Waals surface area contributed by atoms with Crippen LogP contribution in [-0.2, 0) is 11.0 Å². The van der Waals surface area contributed by atoms with Crippen LogP contribution >= 0.6 is 32.1 Å². The van der Waals surface area contributed by atoms with Crippen LogP contribution < -0.4 is 5.32 Å². The Morgan fingerprint density at radius 1 is 1.09 bits per heavy atom. The van der Waals surface area contributed by atoms with Crippen molar-refractivity contribution in [2.24, 2.45) is 0 Å². The molecule has 0 radical (unpaired) electrons. The molecule has 0 aliphatic carbocycles. The molecule has 5 rings (SSSR count). The lowest BCUT2D eigenvalue weighted by Gasteiger charge is -2.32. The van der Waals surface area contributed by atoms with E-state index in [0.717, 1.165) is 37.0 Å². The number of piperazine rings is 1. The molecule has 2 aromatic heterocycles. The van der Waals surface area contributed by atoms with Crippen LogP contribution in [0.1, 0.15) is 5.01 Å². The van der Waals surface area contributed by atoms with Gasteiger partial charge < -0.3 is 10.2 Å². The number of carbonyl (C=O) groups excluding carboxylic acids is 1. The third kappa shape index (κ3) is 5.50. The Balaban J connectivity index is 1.31. The van der Waals surface area contributed by atoms with Gasteiger partial charge in [0.25, 0.3) is 5.91 Å². The maximum absolute atomic E-state index is 12.9. The molecule has 0 bridgehead atoms. The van der Waals surface area contributed by atoms with Crippen molar-refractivity contribution in [3.8, 4) is 10.6 Å². The zero-order valence-electron chi connectivity index (χ0n) is 18.5. The van der Waals surface area contributed by atoms with E-state index in [9.17, 15) is 18.0 Å². The molecule has 3 aromatic rings. The van der Waals surface area contributed by atoms with Crippen molar-refractivity contribution < 1.29 is 18.0 Å². The summed E-state index contributed by atoms with van der Waals surface area (Å²) in [4.78, 5) is 21.8. The fourth-order valence-electron chi connectivity index (χ4n) is 3.65. The van der Waals surface area contributed by atoms with Gasteiger partial charge >= 0.3 is 6.18 Å². The molecule has 2 aliphatic rings. The summed E-state index contributed by atoms with van der Waals surface area (Å²) in [6.07, 6.45) is 0.985. The molecule has 1 aromatic carbocycles. The molecule has 0 spiro atoms. The molecule has 182 valence electrons. The third-order valence-corrected chi connectivity index (χ3v) is 9.31. The Labute approximate surface area is 213 Å². The number of carbonyl (C=O) groups is 1. The van der Waals surface area contributed by atoms with E-state index in [1.54, 1.807) is 30.5 Å². The number of anilines is 1. The Hall–Kier alpha value is -2.55. The van der Waals surface area contributed by atoms with Gasteiger partial charge in [0.2, 0.25) is 5.01 Å². The number of fused-ring (bicyclic) bond motifs is 1. The fraction of sp³-hybridized carbons (Fsp3) is 0.261. The standard InChI is InChI=1S/C23H20F3IN6OS/c1-32-6-8-33(9-7-32)18-5-4-15(12-27-18)20(34)29-19-11-17-10-14(2-3-16(17)13-28-19)21-30-31-22(35-21)23(24,25)26/h2-5,10-13H,6-9H2,1H3,(H,28,29,34). The van der Waals surface area contributed by atoms with Gasteiger partial charge in [0, 0.05) is 48.9 Å². The average molecular weight is 612 g/mol. The number of pyridine rings is 1. The largest absolute Gasteiger partial charge is 0.445 e. The molecule has 0 saturated carbocycles. The van der Waals surface area contributed by atoms with Crippen LogP contribution in [0.4, 0.5) is 19.0 Å². The molecular weight excluding hydrogens is 592 g/mol. The van der Waals surface area contributed by atoms with Gasteiger partial charge in [-0.1, -0.05) is 44.2 Å². The third-order valence-electron chi connectivity index (χ3n) is 5.63. The van der Waals surface area contributed by atoms with Crippen LogP contribution in [0.25, 0.3) is 21.3 Å². The summed E-state index contributed by atoms with van der Waals surface area (Å²) in [6, 6.07) is 6.85. The number of amides is 1. The number of nitrogens with one attached hydrogen (secondary N) is 1. The molecule has 1 N–H and O–H groups in total. The van der Waals surface area contributed by atoms with Crippen LogP contribution in [0.5, 0.6) is 0 Å². The predicted molar refractivity (Wildman–Crippen MR) is 140 cm³/mol. The van der Waals surface area contributed by atoms with E-state index in [0.29, 0.717) is 28.3 Å². The van der Waals surface area contributed by atoms with E-state index in [-0.39, 0.29) is 10.9 Å². The SMILES string of the molecule is CN1CCN(C2=IC=C(C(=O)Nc3cc4cc(-c5nnc(C(F)(F)F)s5)ccc4cn3)C=C2)CC1. The monoisotopic (exact) mass is 612 g/mol. The quantitative estimate of drug-likeness (QED) is 0.438. The highest BCUT2D eigenvalue weighted by molar-refractivity contribution is 14.2. The number of hydrogen-bond acceptors (Lipinski definition) is 7. The molecule has 0 unspecified atom stereocenters. The van der Waals surface area contributed by atoms with E-state index >= 15 is 0 Å². The normalized spacial score (nSPS) is 17.6. The number of benzene rings is 1. The first-order valence-corrected chi connectivity index (χ1v) is 13.8. The van der Waals surface area contributed by atoms with Gasteiger partial charge in [0.05, 0.1) is 3.63 Å². The molecule has 0 atom stereocenters. The zero-order chi connectivity index (χ0) is 24.6. The van der Waals surface area contributed by atoms with E-state index in [2.05, 4.69) is 37.3 Å². The molecular formula is C23H20F3IN6OS. The van der Waals surface area contributed by atoms with E-state index in [1.165, 1.54) is 3.63 Å². The van der Waals surface area contributed by atoms with E-state index < -0.39 is 31.9 Å². The lowest BCUT2D eigenvalue weighted by molar-refractivity contribution is -0.138. The molecule has 1 amide bonds. The van der Waals surface area contributed by atoms with Gasteiger partial charge in [-0.3, -0.25) is 9.69 Å². The number of likely N-dealkylation sites (N-methyl/N-ethyl adjacent to an activating group) is 1. The second kappa shape index (κ2) is 9.84. The summed E-state index contributed by atoms with van der Waals surface area (Å²) in [5.41, 5.74) is 1.13. The first kappa shape index (κ1) is 24.2. The summed E-state index contributed by atoms with van der Waals surface area (Å²) >= 11 is 0.0883. The van der Waals surface area contributed by atoms with Crippen molar-refractivity contribution in [2.75, 3.05) is 38.5 Å². The summed E-state index contributed by atoms with van der Waals surface area (Å²) in [6.45, 7) is 4.08. The van der Waals surface area contributed by atoms with Crippen molar-refractivity contribution in [1.29, 1.82) is 0 Å². The van der Waals surface area contributed by atoms with Gasteiger partial charge in [-0.2, -0.15) is 13.2 Å². The van der Waals surface area contributed by atoms with Gasteiger partial charge in [0.15, 0.2) is 0 Å². The number of rotatable bonds is 4. The van der Waals surface area contributed by atoms with Crippen molar-refractivity contribution >= 4 is 58.2 Å². The topological polar surface area (TPSA) is 74.2 Å². The second-order valence-electron chi connectivity index (χ2n) is 8.12. The Morgan fingerprint density at radius 3 is 2.57 bits per heavy atom. The highest BCUT2D eigenvalue weighted by Crippen LogP contribution is 2.35. The number of halogens is 4. The Bertz CT molecular complexity index is 1380. The van der Waals surface area contributed by atoms with Crippen LogP contribution in [0.2, 0.25) is 0 Å². The van der Waals surface area contributed by atoms with Gasteiger partial charge in [-0.05, 0) is 40.8 Å². The van der Waals surface area contributed by atoms with Crippen molar-refractivity contribution in [2.45, 2.75) is 6.18 Å². The Kier molecular flexibility index (Phi) is 6.79. The highest BCUT2D eigenvalue weighted by atomic mass is 127. The summed E-state index contributed by atoms with van der Waals surface area (Å²) in [5.74, 6) is 0.134. The van der Waals surface area contributed by atoms with E-state index in [1.807, 2.05) is 16.2 Å². The maximum atomic E-state index is 12.9. The molecule has 1 saturated heterocycles. The number of nitrogens with zero attached hydrogens (tertiary/aromatic N) is 5. The minimum atomic E-state index is -4.53. The van der Waals surface area contributed by atoms with Crippen molar-refractivity contribution in [1.82, 2.24) is 25.0 Å². The molecule has 1 fully saturated rings.